The van der Waals surface area contributed by atoms with Crippen molar-refractivity contribution in [3.8, 4) is 0 Å². The second-order valence-electron chi connectivity index (χ2n) is 10.6. The molecule has 0 N–H and O–H groups in total. The van der Waals surface area contributed by atoms with Gasteiger partial charge in [-0.1, -0.05) is 0 Å². The smallest absolute Gasteiger partial charge is 0.0466 e. The lowest BCUT2D eigenvalue weighted by Crippen LogP contribution is -2.05. The van der Waals surface area contributed by atoms with Crippen LogP contribution in [0.2, 0.25) is 0 Å². The minimum absolute atomic E-state index is 0.824. The number of rotatable bonds is 0. The molecule has 0 bridgehead atoms. The van der Waals surface area contributed by atoms with Gasteiger partial charge >= 0.3 is 0 Å². The monoisotopic (exact) mass is 576 g/mol. The molecule has 0 unspecified atom stereocenters. The lowest BCUT2D eigenvalue weighted by atomic mass is 10.3. The molecule has 0 saturated carbocycles. The number of ether oxygens (including phenoxy) is 8. The average molecular weight is 577 g/mol. The summed E-state index contributed by atoms with van der Waals surface area (Å²) in [5.41, 5.74) is 0. The van der Waals surface area contributed by atoms with Crippen LogP contribution in [-0.2, 0) is 37.9 Å². The molecule has 0 radical (unpaired) electrons. The lowest BCUT2D eigenvalue weighted by Gasteiger charge is -2.08. The summed E-state index contributed by atoms with van der Waals surface area (Å²) < 4.78 is 45.8. The van der Waals surface area contributed by atoms with Crippen LogP contribution in [0.3, 0.4) is 0 Å². The van der Waals surface area contributed by atoms with Crippen LogP contribution in [0.5, 0.6) is 0 Å². The molecular formula is C32H64O8. The molecule has 1 rings (SSSR count). The van der Waals surface area contributed by atoms with Gasteiger partial charge in [0.2, 0.25) is 0 Å². The van der Waals surface area contributed by atoms with Gasteiger partial charge in [-0.2, -0.15) is 0 Å². The summed E-state index contributed by atoms with van der Waals surface area (Å²) in [6.45, 7) is 13.2. The van der Waals surface area contributed by atoms with Crippen LogP contribution < -0.4 is 0 Å². The molecular weight excluding hydrogens is 512 g/mol. The van der Waals surface area contributed by atoms with Gasteiger partial charge in [-0.05, 0) is 103 Å². The van der Waals surface area contributed by atoms with E-state index in [9.17, 15) is 0 Å². The van der Waals surface area contributed by atoms with Gasteiger partial charge in [0.25, 0.3) is 0 Å². The molecule has 1 saturated heterocycles. The van der Waals surface area contributed by atoms with Crippen molar-refractivity contribution in [2.24, 2.45) is 0 Å². The van der Waals surface area contributed by atoms with Crippen molar-refractivity contribution in [2.75, 3.05) is 106 Å². The van der Waals surface area contributed by atoms with Gasteiger partial charge in [0, 0.05) is 106 Å². The van der Waals surface area contributed by atoms with Gasteiger partial charge < -0.3 is 37.9 Å². The van der Waals surface area contributed by atoms with Crippen molar-refractivity contribution < 1.29 is 37.9 Å². The van der Waals surface area contributed by atoms with E-state index in [4.69, 9.17) is 37.9 Å². The predicted octanol–water partition coefficient (Wildman–Crippen LogP) is 6.37. The third-order valence-corrected chi connectivity index (χ3v) is 6.62. The van der Waals surface area contributed by atoms with Crippen molar-refractivity contribution >= 4 is 0 Å². The second-order valence-corrected chi connectivity index (χ2v) is 10.6. The largest absolute Gasteiger partial charge is 0.381 e. The molecule has 0 aromatic carbocycles. The Bertz CT molecular complexity index is 242. The van der Waals surface area contributed by atoms with E-state index in [0.717, 1.165) is 208 Å². The minimum atomic E-state index is 0.824. The van der Waals surface area contributed by atoms with Crippen LogP contribution in [0.1, 0.15) is 103 Å². The fraction of sp³-hybridized carbons (Fsp3) is 1.00. The zero-order valence-corrected chi connectivity index (χ0v) is 25.9. The van der Waals surface area contributed by atoms with E-state index >= 15 is 0 Å². The molecule has 1 aliphatic rings. The van der Waals surface area contributed by atoms with E-state index in [2.05, 4.69) is 0 Å². The van der Waals surface area contributed by atoms with Gasteiger partial charge in [0.05, 0.1) is 0 Å². The van der Waals surface area contributed by atoms with E-state index in [-0.39, 0.29) is 0 Å². The summed E-state index contributed by atoms with van der Waals surface area (Å²) in [6, 6.07) is 0. The first-order chi connectivity index (χ1) is 20.0. The van der Waals surface area contributed by atoms with Gasteiger partial charge in [0.1, 0.15) is 0 Å². The zero-order valence-electron chi connectivity index (χ0n) is 25.9. The molecule has 1 aliphatic heterocycles. The van der Waals surface area contributed by atoms with Crippen LogP contribution in [0, 0.1) is 0 Å². The predicted molar refractivity (Wildman–Crippen MR) is 160 cm³/mol. The van der Waals surface area contributed by atoms with Crippen molar-refractivity contribution in [1.29, 1.82) is 0 Å². The summed E-state index contributed by atoms with van der Waals surface area (Å²) in [5, 5.41) is 0. The fourth-order valence-electron chi connectivity index (χ4n) is 4.08. The van der Waals surface area contributed by atoms with Crippen LogP contribution in [0.25, 0.3) is 0 Å². The average Bonchev–Trinajstić information content (AvgIpc) is 2.97. The molecule has 0 atom stereocenters. The minimum Gasteiger partial charge on any atom is -0.381 e. The number of hydrogen-bond acceptors (Lipinski definition) is 8. The Morgan fingerprint density at radius 3 is 0.275 bits per heavy atom. The first-order valence-electron chi connectivity index (χ1n) is 16.6. The highest BCUT2D eigenvalue weighted by Gasteiger charge is 1.98. The maximum atomic E-state index is 5.72. The first-order valence-corrected chi connectivity index (χ1v) is 16.6. The number of hydrogen-bond donors (Lipinski definition) is 0. The van der Waals surface area contributed by atoms with Gasteiger partial charge in [0.15, 0.2) is 0 Å². The van der Waals surface area contributed by atoms with Crippen LogP contribution in [-0.4, -0.2) is 106 Å². The quantitative estimate of drug-likeness (QED) is 0.329. The normalized spacial score (nSPS) is 24.0. The maximum absolute atomic E-state index is 5.72. The van der Waals surface area contributed by atoms with E-state index in [1.165, 1.54) is 0 Å². The fourth-order valence-corrected chi connectivity index (χ4v) is 4.08. The standard InChI is InChI=1S/C32H64O8/c1-2-18-34-20-5-6-22-36-24-9-10-26-38-28-13-14-30-40-32-16-15-31-39-29-12-11-27-37-25-8-7-23-35-21-4-3-19-33-17-1/h1-32H2. The van der Waals surface area contributed by atoms with E-state index in [1.807, 2.05) is 0 Å². The molecule has 0 aromatic heterocycles. The topological polar surface area (TPSA) is 73.8 Å². The van der Waals surface area contributed by atoms with E-state index < -0.39 is 0 Å². The van der Waals surface area contributed by atoms with E-state index in [1.54, 1.807) is 0 Å². The Morgan fingerprint density at radius 1 is 0.125 bits per heavy atom. The highest BCUT2D eigenvalue weighted by molar-refractivity contribution is 4.47. The molecule has 240 valence electrons. The molecule has 8 nitrogen and oxygen atoms in total. The van der Waals surface area contributed by atoms with Crippen molar-refractivity contribution in [2.45, 2.75) is 103 Å². The van der Waals surface area contributed by atoms with Crippen molar-refractivity contribution in [1.82, 2.24) is 0 Å². The van der Waals surface area contributed by atoms with Gasteiger partial charge in [-0.3, -0.25) is 0 Å². The van der Waals surface area contributed by atoms with E-state index in [0.29, 0.717) is 0 Å². The molecule has 1 fully saturated rings. The highest BCUT2D eigenvalue weighted by atomic mass is 16.5. The zero-order chi connectivity index (χ0) is 28.3. The Hall–Kier alpha value is -0.320. The Morgan fingerprint density at radius 2 is 0.200 bits per heavy atom. The SMILES string of the molecule is C1CCOCCCCOCCCCOCCCCOCCCCOCCCCOCCCCOCCCCOC1. The maximum Gasteiger partial charge on any atom is 0.0466 e. The first kappa shape index (κ1) is 37.7. The van der Waals surface area contributed by atoms with Crippen LogP contribution in [0.15, 0.2) is 0 Å². The van der Waals surface area contributed by atoms with Crippen molar-refractivity contribution in [3.63, 3.8) is 0 Å². The van der Waals surface area contributed by atoms with Crippen LogP contribution >= 0.6 is 0 Å². The molecule has 0 amide bonds. The third-order valence-electron chi connectivity index (χ3n) is 6.62. The summed E-state index contributed by atoms with van der Waals surface area (Å²) in [6.07, 6.45) is 17.0. The summed E-state index contributed by atoms with van der Waals surface area (Å²) in [5.74, 6) is 0. The Kier molecular flexibility index (Phi) is 32.9. The van der Waals surface area contributed by atoms with Gasteiger partial charge in [-0.25, -0.2) is 0 Å². The van der Waals surface area contributed by atoms with Crippen LogP contribution in [0.4, 0.5) is 0 Å². The summed E-state index contributed by atoms with van der Waals surface area (Å²) in [4.78, 5) is 0. The molecule has 1 heterocycles. The Labute approximate surface area is 246 Å². The highest BCUT2D eigenvalue weighted by Crippen LogP contribution is 2.01. The van der Waals surface area contributed by atoms with Crippen molar-refractivity contribution in [3.05, 3.63) is 0 Å². The third kappa shape index (κ3) is 32.2. The molecule has 0 aromatic rings. The molecule has 0 spiro atoms. The van der Waals surface area contributed by atoms with Gasteiger partial charge in [-0.15, -0.1) is 0 Å². The summed E-state index contributed by atoms with van der Waals surface area (Å²) >= 11 is 0. The summed E-state index contributed by atoms with van der Waals surface area (Å²) in [7, 11) is 0. The second kappa shape index (κ2) is 34.9. The molecule has 8 heteroatoms. The molecule has 40 heavy (non-hydrogen) atoms. The Balaban J connectivity index is 2.00. The lowest BCUT2D eigenvalue weighted by molar-refractivity contribution is 0.0750. The molecule has 0 aliphatic carbocycles.